The van der Waals surface area contributed by atoms with E-state index in [1.54, 1.807) is 4.90 Å². The largest absolute Gasteiger partial charge is 0.349 e. The average molecular weight is 309 g/mol. The number of rotatable bonds is 5. The molecule has 22 heavy (non-hydrogen) atoms. The van der Waals surface area contributed by atoms with Crippen molar-refractivity contribution in [3.63, 3.8) is 0 Å². The molecule has 2 saturated heterocycles. The van der Waals surface area contributed by atoms with Gasteiger partial charge in [0.05, 0.1) is 0 Å². The maximum Gasteiger partial charge on any atom is 0.225 e. The Hall–Kier alpha value is -1.10. The molecule has 2 aliphatic rings. The molecule has 2 rings (SSSR count). The van der Waals surface area contributed by atoms with Crippen molar-refractivity contribution >= 4 is 11.8 Å². The van der Waals surface area contributed by atoms with Crippen LogP contribution in [0.4, 0.5) is 0 Å². The third-order valence-electron chi connectivity index (χ3n) is 5.02. The maximum atomic E-state index is 12.3. The third-order valence-corrected chi connectivity index (χ3v) is 5.02. The molecule has 0 aromatic heterocycles. The van der Waals surface area contributed by atoms with Crippen molar-refractivity contribution in [2.45, 2.75) is 45.6 Å². The SMILES string of the molecule is CC(C)C(=O)N1CC2CN[C@H](CCCC(=O)N(C)C)C(C2)C1. The lowest BCUT2D eigenvalue weighted by Gasteiger charge is -2.46. The van der Waals surface area contributed by atoms with E-state index >= 15 is 0 Å². The molecule has 0 spiro atoms. The van der Waals surface area contributed by atoms with Gasteiger partial charge in [-0.25, -0.2) is 0 Å². The fraction of sp³-hybridized carbons (Fsp3) is 0.882. The number of amides is 2. The minimum atomic E-state index is 0.0861. The summed E-state index contributed by atoms with van der Waals surface area (Å²) in [6, 6.07) is 0.453. The van der Waals surface area contributed by atoms with Gasteiger partial charge in [0.15, 0.2) is 0 Å². The van der Waals surface area contributed by atoms with Crippen molar-refractivity contribution in [2.24, 2.45) is 17.8 Å². The van der Waals surface area contributed by atoms with Crippen LogP contribution < -0.4 is 5.32 Å². The lowest BCUT2D eigenvalue weighted by atomic mass is 9.78. The zero-order valence-corrected chi connectivity index (χ0v) is 14.5. The minimum absolute atomic E-state index is 0.0861. The highest BCUT2D eigenvalue weighted by atomic mass is 16.2. The van der Waals surface area contributed by atoms with Crippen LogP contribution in [0.5, 0.6) is 0 Å². The highest BCUT2D eigenvalue weighted by Crippen LogP contribution is 2.31. The van der Waals surface area contributed by atoms with E-state index in [2.05, 4.69) is 10.2 Å². The van der Waals surface area contributed by atoms with Crippen LogP contribution in [0.15, 0.2) is 0 Å². The highest BCUT2D eigenvalue weighted by molar-refractivity contribution is 5.78. The van der Waals surface area contributed by atoms with E-state index in [9.17, 15) is 9.59 Å². The molecule has 2 aliphatic heterocycles. The Labute approximate surface area is 134 Å². The average Bonchev–Trinajstić information content (AvgIpc) is 2.48. The highest BCUT2D eigenvalue weighted by Gasteiger charge is 2.38. The molecule has 126 valence electrons. The number of piperidine rings is 2. The van der Waals surface area contributed by atoms with E-state index in [0.29, 0.717) is 24.3 Å². The van der Waals surface area contributed by atoms with Crippen LogP contribution in [0.2, 0.25) is 0 Å². The molecular formula is C17H31N3O2. The molecule has 2 fully saturated rings. The molecule has 0 aromatic carbocycles. The summed E-state index contributed by atoms with van der Waals surface area (Å²) in [4.78, 5) is 27.7. The Morgan fingerprint density at radius 3 is 2.64 bits per heavy atom. The van der Waals surface area contributed by atoms with Gasteiger partial charge in [-0.2, -0.15) is 0 Å². The van der Waals surface area contributed by atoms with Crippen LogP contribution in [0.25, 0.3) is 0 Å². The van der Waals surface area contributed by atoms with Crippen LogP contribution in [0.1, 0.15) is 39.5 Å². The van der Waals surface area contributed by atoms with Gasteiger partial charge in [-0.05, 0) is 37.6 Å². The van der Waals surface area contributed by atoms with Gasteiger partial charge in [0.25, 0.3) is 0 Å². The van der Waals surface area contributed by atoms with E-state index < -0.39 is 0 Å². The van der Waals surface area contributed by atoms with Crippen molar-refractivity contribution in [3.8, 4) is 0 Å². The molecule has 2 heterocycles. The van der Waals surface area contributed by atoms with E-state index in [4.69, 9.17) is 0 Å². The molecule has 5 nitrogen and oxygen atoms in total. The van der Waals surface area contributed by atoms with Crippen LogP contribution in [0.3, 0.4) is 0 Å². The molecule has 2 unspecified atom stereocenters. The number of hydrogen-bond donors (Lipinski definition) is 1. The van der Waals surface area contributed by atoms with Crippen molar-refractivity contribution < 1.29 is 9.59 Å². The van der Waals surface area contributed by atoms with Crippen molar-refractivity contribution in [2.75, 3.05) is 33.7 Å². The lowest BCUT2D eigenvalue weighted by molar-refractivity contribution is -0.138. The van der Waals surface area contributed by atoms with Gasteiger partial charge in [-0.3, -0.25) is 9.59 Å². The monoisotopic (exact) mass is 309 g/mol. The lowest BCUT2D eigenvalue weighted by Crippen LogP contribution is -2.57. The fourth-order valence-electron chi connectivity index (χ4n) is 3.75. The number of nitrogens with zero attached hydrogens (tertiary/aromatic N) is 2. The van der Waals surface area contributed by atoms with E-state index in [0.717, 1.165) is 32.5 Å². The summed E-state index contributed by atoms with van der Waals surface area (Å²) in [6.45, 7) is 6.76. The Morgan fingerprint density at radius 2 is 2.00 bits per heavy atom. The zero-order valence-electron chi connectivity index (χ0n) is 14.5. The normalized spacial score (nSPS) is 27.9. The van der Waals surface area contributed by atoms with Gasteiger partial charge in [-0.15, -0.1) is 0 Å². The van der Waals surface area contributed by atoms with Gasteiger partial charge in [-0.1, -0.05) is 13.8 Å². The molecule has 2 amide bonds. The first-order valence-electron chi connectivity index (χ1n) is 8.60. The number of carbonyl (C=O) groups is 2. The van der Waals surface area contributed by atoms with Crippen molar-refractivity contribution in [1.82, 2.24) is 15.1 Å². The van der Waals surface area contributed by atoms with Gasteiger partial charge in [0, 0.05) is 45.6 Å². The Balaban J connectivity index is 1.85. The Morgan fingerprint density at radius 1 is 1.27 bits per heavy atom. The number of nitrogens with one attached hydrogen (secondary N) is 1. The first-order chi connectivity index (χ1) is 10.4. The fourth-order valence-corrected chi connectivity index (χ4v) is 3.75. The molecular weight excluding hydrogens is 278 g/mol. The second-order valence-corrected chi connectivity index (χ2v) is 7.45. The maximum absolute atomic E-state index is 12.3. The van der Waals surface area contributed by atoms with Crippen molar-refractivity contribution in [3.05, 3.63) is 0 Å². The summed E-state index contributed by atoms with van der Waals surface area (Å²) in [6.07, 6.45) is 3.80. The quantitative estimate of drug-likeness (QED) is 0.834. The summed E-state index contributed by atoms with van der Waals surface area (Å²) in [5, 5.41) is 3.65. The standard InChI is InChI=1S/C17H31N3O2/c1-12(2)17(22)20-10-13-8-14(11-20)15(18-9-13)6-5-7-16(21)19(3)4/h12-15,18H,5-11H2,1-4H3/t13?,14?,15-/m1/s1. The minimum Gasteiger partial charge on any atom is -0.349 e. The summed E-state index contributed by atoms with van der Waals surface area (Å²) in [5.74, 6) is 1.72. The predicted molar refractivity (Wildman–Crippen MR) is 87.4 cm³/mol. The summed E-state index contributed by atoms with van der Waals surface area (Å²) in [5.41, 5.74) is 0. The molecule has 0 aromatic rings. The van der Waals surface area contributed by atoms with E-state index in [-0.39, 0.29) is 17.7 Å². The van der Waals surface area contributed by atoms with Crippen LogP contribution in [-0.2, 0) is 9.59 Å². The first-order valence-corrected chi connectivity index (χ1v) is 8.60. The van der Waals surface area contributed by atoms with Crippen LogP contribution >= 0.6 is 0 Å². The molecule has 5 heteroatoms. The number of likely N-dealkylation sites (tertiary alicyclic amines) is 1. The molecule has 0 saturated carbocycles. The van der Waals surface area contributed by atoms with Crippen LogP contribution in [0, 0.1) is 17.8 Å². The van der Waals surface area contributed by atoms with Gasteiger partial charge in [0.1, 0.15) is 0 Å². The number of hydrogen-bond acceptors (Lipinski definition) is 3. The molecule has 2 bridgehead atoms. The molecule has 3 atom stereocenters. The van der Waals surface area contributed by atoms with E-state index in [1.807, 2.05) is 27.9 Å². The van der Waals surface area contributed by atoms with E-state index in [1.165, 1.54) is 6.42 Å². The second kappa shape index (κ2) is 7.44. The number of carbonyl (C=O) groups excluding carboxylic acids is 2. The third kappa shape index (κ3) is 4.22. The first kappa shape index (κ1) is 17.3. The Kier molecular flexibility index (Phi) is 5.84. The predicted octanol–water partition coefficient (Wildman–Crippen LogP) is 1.34. The Bertz CT molecular complexity index is 409. The topological polar surface area (TPSA) is 52.7 Å². The van der Waals surface area contributed by atoms with Gasteiger partial charge >= 0.3 is 0 Å². The number of fused-ring (bicyclic) bond motifs is 2. The molecule has 0 radical (unpaired) electrons. The summed E-state index contributed by atoms with van der Waals surface area (Å²) >= 11 is 0. The second-order valence-electron chi connectivity index (χ2n) is 7.45. The van der Waals surface area contributed by atoms with Crippen LogP contribution in [-0.4, -0.2) is 61.4 Å². The molecule has 1 N–H and O–H groups in total. The summed E-state index contributed by atoms with van der Waals surface area (Å²) < 4.78 is 0. The summed E-state index contributed by atoms with van der Waals surface area (Å²) in [7, 11) is 3.62. The smallest absolute Gasteiger partial charge is 0.225 e. The van der Waals surface area contributed by atoms with Gasteiger partial charge in [0.2, 0.25) is 11.8 Å². The van der Waals surface area contributed by atoms with Crippen molar-refractivity contribution in [1.29, 1.82) is 0 Å². The van der Waals surface area contributed by atoms with Gasteiger partial charge < -0.3 is 15.1 Å². The zero-order chi connectivity index (χ0) is 16.3. The molecule has 0 aliphatic carbocycles.